The van der Waals surface area contributed by atoms with Crippen molar-refractivity contribution in [2.75, 3.05) is 19.6 Å². The number of carbonyl (C=O) groups excluding carboxylic acids is 1. The molecule has 1 atom stereocenters. The molecule has 3 rings (SSSR count). The van der Waals surface area contributed by atoms with Crippen molar-refractivity contribution in [3.8, 4) is 0 Å². The van der Waals surface area contributed by atoms with Crippen molar-refractivity contribution >= 4 is 5.91 Å². The lowest BCUT2D eigenvalue weighted by Crippen LogP contribution is -2.48. The monoisotopic (exact) mass is 317 g/mol. The third-order valence-electron chi connectivity index (χ3n) is 4.07. The van der Waals surface area contributed by atoms with Crippen LogP contribution in [0.3, 0.4) is 0 Å². The molecular weight excluding hydrogens is 297 g/mol. The van der Waals surface area contributed by atoms with Gasteiger partial charge in [0.25, 0.3) is 5.91 Å². The molecule has 122 valence electrons. The first-order valence-corrected chi connectivity index (χ1v) is 7.80. The van der Waals surface area contributed by atoms with Crippen LogP contribution in [0.2, 0.25) is 0 Å². The van der Waals surface area contributed by atoms with E-state index in [2.05, 4.69) is 10.5 Å². The van der Waals surface area contributed by atoms with Crippen LogP contribution < -0.4 is 5.32 Å². The Hall–Kier alpha value is -2.21. The molecule has 1 saturated heterocycles. The van der Waals surface area contributed by atoms with Crippen molar-refractivity contribution in [3.63, 3.8) is 0 Å². The van der Waals surface area contributed by atoms with Crippen molar-refractivity contribution in [1.82, 2.24) is 15.4 Å². The maximum absolute atomic E-state index is 13.5. The lowest BCUT2D eigenvalue weighted by molar-refractivity contribution is 0.0591. The van der Waals surface area contributed by atoms with Crippen LogP contribution in [0.1, 0.15) is 47.6 Å². The largest absolute Gasteiger partial charge is 0.351 e. The van der Waals surface area contributed by atoms with Crippen molar-refractivity contribution in [2.45, 2.75) is 25.8 Å². The molecule has 0 bridgehead atoms. The normalized spacial score (nSPS) is 18.4. The number of hydrogen-bond acceptors (Lipinski definition) is 4. The highest BCUT2D eigenvalue weighted by molar-refractivity contribution is 5.92. The number of hydrogen-bond donors (Lipinski definition) is 1. The van der Waals surface area contributed by atoms with Gasteiger partial charge in [0.05, 0.1) is 11.7 Å². The van der Waals surface area contributed by atoms with Crippen LogP contribution in [-0.2, 0) is 0 Å². The Morgan fingerprint density at radius 2 is 2.26 bits per heavy atom. The van der Waals surface area contributed by atoms with Gasteiger partial charge in [0.15, 0.2) is 0 Å². The minimum Gasteiger partial charge on any atom is -0.351 e. The third kappa shape index (κ3) is 3.27. The Balaban J connectivity index is 1.87. The van der Waals surface area contributed by atoms with Crippen LogP contribution in [0.4, 0.5) is 4.39 Å². The van der Waals surface area contributed by atoms with Crippen LogP contribution in [0.5, 0.6) is 0 Å². The van der Waals surface area contributed by atoms with E-state index in [1.54, 1.807) is 17.0 Å². The molecule has 1 aromatic heterocycles. The summed E-state index contributed by atoms with van der Waals surface area (Å²) in [5, 5.41) is 7.20. The summed E-state index contributed by atoms with van der Waals surface area (Å²) in [6, 6.07) is 7.83. The van der Waals surface area contributed by atoms with Crippen LogP contribution in [0, 0.1) is 5.82 Å². The zero-order valence-corrected chi connectivity index (χ0v) is 13.3. The van der Waals surface area contributed by atoms with Gasteiger partial charge in [-0.05, 0) is 23.6 Å². The van der Waals surface area contributed by atoms with E-state index in [0.29, 0.717) is 19.6 Å². The van der Waals surface area contributed by atoms with Crippen LogP contribution in [0.15, 0.2) is 34.9 Å². The second-order valence-electron chi connectivity index (χ2n) is 6.04. The smallest absolute Gasteiger partial charge is 0.293 e. The number of piperazine rings is 1. The van der Waals surface area contributed by atoms with Crippen molar-refractivity contribution in [2.24, 2.45) is 0 Å². The molecule has 1 N–H and O–H groups in total. The van der Waals surface area contributed by atoms with E-state index in [-0.39, 0.29) is 29.4 Å². The fraction of sp³-hybridized carbons (Fsp3) is 0.412. The van der Waals surface area contributed by atoms with Gasteiger partial charge >= 0.3 is 0 Å². The minimum absolute atomic E-state index is 0.197. The summed E-state index contributed by atoms with van der Waals surface area (Å²) < 4.78 is 18.7. The molecule has 1 fully saturated rings. The first-order chi connectivity index (χ1) is 11.1. The molecule has 2 aromatic rings. The quantitative estimate of drug-likeness (QED) is 0.945. The molecule has 0 radical (unpaired) electrons. The average Bonchev–Trinajstić information content (AvgIpc) is 3.04. The summed E-state index contributed by atoms with van der Waals surface area (Å²) in [5.41, 5.74) is 1.53. The zero-order chi connectivity index (χ0) is 16.4. The summed E-state index contributed by atoms with van der Waals surface area (Å²) in [6.07, 6.45) is 0. The molecule has 1 aromatic carbocycles. The van der Waals surface area contributed by atoms with E-state index in [1.807, 2.05) is 19.9 Å². The van der Waals surface area contributed by atoms with Gasteiger partial charge in [-0.3, -0.25) is 4.79 Å². The number of rotatable bonds is 3. The first-order valence-electron chi connectivity index (χ1n) is 7.80. The second-order valence-corrected chi connectivity index (χ2v) is 6.04. The predicted molar refractivity (Wildman–Crippen MR) is 83.6 cm³/mol. The Morgan fingerprint density at radius 3 is 2.96 bits per heavy atom. The molecule has 0 spiro atoms. The lowest BCUT2D eigenvalue weighted by Gasteiger charge is -2.35. The predicted octanol–water partition coefficient (Wildman–Crippen LogP) is 2.72. The molecule has 0 aliphatic carbocycles. The van der Waals surface area contributed by atoms with E-state index in [0.717, 1.165) is 11.3 Å². The van der Waals surface area contributed by atoms with Crippen LogP contribution >= 0.6 is 0 Å². The average molecular weight is 317 g/mol. The fourth-order valence-electron chi connectivity index (χ4n) is 2.76. The highest BCUT2D eigenvalue weighted by Gasteiger charge is 2.31. The summed E-state index contributed by atoms with van der Waals surface area (Å²) in [5.74, 6) is -0.0817. The van der Waals surface area contributed by atoms with Gasteiger partial charge in [0, 0.05) is 25.7 Å². The van der Waals surface area contributed by atoms with Gasteiger partial charge in [0.2, 0.25) is 5.76 Å². The van der Waals surface area contributed by atoms with E-state index < -0.39 is 0 Å². The number of aromatic nitrogens is 1. The summed E-state index contributed by atoms with van der Waals surface area (Å²) in [7, 11) is 0. The Morgan fingerprint density at radius 1 is 1.43 bits per heavy atom. The highest BCUT2D eigenvalue weighted by atomic mass is 19.1. The number of benzene rings is 1. The molecule has 23 heavy (non-hydrogen) atoms. The fourth-order valence-corrected chi connectivity index (χ4v) is 2.76. The topological polar surface area (TPSA) is 58.4 Å². The number of nitrogens with zero attached hydrogens (tertiary/aromatic N) is 2. The van der Waals surface area contributed by atoms with Gasteiger partial charge in [-0.1, -0.05) is 31.1 Å². The van der Waals surface area contributed by atoms with E-state index in [1.165, 1.54) is 12.1 Å². The summed E-state index contributed by atoms with van der Waals surface area (Å²) >= 11 is 0. The summed E-state index contributed by atoms with van der Waals surface area (Å²) in [4.78, 5) is 14.5. The minimum atomic E-state index is -0.303. The Bertz CT molecular complexity index is 699. The number of nitrogens with one attached hydrogen (secondary N) is 1. The van der Waals surface area contributed by atoms with Gasteiger partial charge < -0.3 is 14.7 Å². The lowest BCUT2D eigenvalue weighted by atomic mass is 10.0. The molecule has 5 nitrogen and oxygen atoms in total. The van der Waals surface area contributed by atoms with Crippen molar-refractivity contribution in [3.05, 3.63) is 53.2 Å². The molecule has 6 heteroatoms. The maximum Gasteiger partial charge on any atom is 0.293 e. The van der Waals surface area contributed by atoms with Gasteiger partial charge in [0.1, 0.15) is 5.82 Å². The zero-order valence-electron chi connectivity index (χ0n) is 13.3. The van der Waals surface area contributed by atoms with E-state index >= 15 is 0 Å². The molecule has 0 saturated carbocycles. The molecule has 1 unspecified atom stereocenters. The Labute approximate surface area is 134 Å². The number of carbonyl (C=O) groups is 1. The maximum atomic E-state index is 13.5. The Kier molecular flexibility index (Phi) is 4.43. The number of amides is 1. The summed E-state index contributed by atoms with van der Waals surface area (Å²) in [6.45, 7) is 5.81. The SMILES string of the molecule is CC(C)c1cc(C(=O)N2CCNCC2c2cccc(F)c2)on1. The second kappa shape index (κ2) is 6.50. The van der Waals surface area contributed by atoms with Crippen molar-refractivity contribution in [1.29, 1.82) is 0 Å². The molecule has 1 amide bonds. The molecule has 1 aliphatic rings. The van der Waals surface area contributed by atoms with Gasteiger partial charge in [-0.25, -0.2) is 4.39 Å². The first kappa shape index (κ1) is 15.7. The highest BCUT2D eigenvalue weighted by Crippen LogP contribution is 2.25. The van der Waals surface area contributed by atoms with E-state index in [9.17, 15) is 9.18 Å². The van der Waals surface area contributed by atoms with Crippen molar-refractivity contribution < 1.29 is 13.7 Å². The number of halogens is 1. The standard InChI is InChI=1S/C17H20FN3O2/c1-11(2)14-9-16(23-20-14)17(22)21-7-6-19-10-15(21)12-4-3-5-13(18)8-12/h3-5,8-9,11,15,19H,6-7,10H2,1-2H3. The van der Waals surface area contributed by atoms with Crippen LogP contribution in [-0.4, -0.2) is 35.6 Å². The van der Waals surface area contributed by atoms with Crippen LogP contribution in [0.25, 0.3) is 0 Å². The van der Waals surface area contributed by atoms with Gasteiger partial charge in [-0.2, -0.15) is 0 Å². The molecular formula is C17H20FN3O2. The molecule has 2 heterocycles. The van der Waals surface area contributed by atoms with E-state index in [4.69, 9.17) is 4.52 Å². The third-order valence-corrected chi connectivity index (χ3v) is 4.07. The van der Waals surface area contributed by atoms with Gasteiger partial charge in [-0.15, -0.1) is 0 Å². The molecule has 1 aliphatic heterocycles.